The molecule has 3 N–H and O–H groups in total. The summed E-state index contributed by atoms with van der Waals surface area (Å²) in [6.45, 7) is 1.98. The molecule has 1 fully saturated rings. The molecule has 0 spiro atoms. The van der Waals surface area contributed by atoms with Crippen LogP contribution in [-0.4, -0.2) is 11.9 Å². The predicted molar refractivity (Wildman–Crippen MR) is 65.1 cm³/mol. The van der Waals surface area contributed by atoms with E-state index in [1.165, 1.54) is 18.6 Å². The van der Waals surface area contributed by atoms with Gasteiger partial charge >= 0.3 is 0 Å². The van der Waals surface area contributed by atoms with Gasteiger partial charge in [0.05, 0.1) is 11.3 Å². The second kappa shape index (κ2) is 4.73. The van der Waals surface area contributed by atoms with E-state index in [0.717, 1.165) is 12.8 Å². The number of nitrogens with two attached hydrogens (primary N) is 1. The van der Waals surface area contributed by atoms with Crippen molar-refractivity contribution in [2.75, 3.05) is 5.73 Å². The van der Waals surface area contributed by atoms with E-state index in [2.05, 4.69) is 5.32 Å². The van der Waals surface area contributed by atoms with Gasteiger partial charge in [0.2, 0.25) is 0 Å². The van der Waals surface area contributed by atoms with Crippen molar-refractivity contribution in [1.82, 2.24) is 5.32 Å². The molecule has 1 saturated carbocycles. The molecule has 0 heterocycles. The van der Waals surface area contributed by atoms with Crippen molar-refractivity contribution in [3.63, 3.8) is 0 Å². The minimum absolute atomic E-state index is 0.0780. The van der Waals surface area contributed by atoms with Crippen LogP contribution in [0.4, 0.5) is 10.1 Å². The first kappa shape index (κ1) is 11.9. The van der Waals surface area contributed by atoms with Crippen LogP contribution in [0.2, 0.25) is 0 Å². The van der Waals surface area contributed by atoms with Crippen molar-refractivity contribution in [2.24, 2.45) is 5.92 Å². The van der Waals surface area contributed by atoms with E-state index in [1.807, 2.05) is 6.92 Å². The molecule has 0 aliphatic heterocycles. The summed E-state index contributed by atoms with van der Waals surface area (Å²) >= 11 is 0. The lowest BCUT2D eigenvalue weighted by molar-refractivity contribution is 0.0910. The molecule has 1 aliphatic rings. The molecule has 1 amide bonds. The Balaban J connectivity index is 2.06. The highest BCUT2D eigenvalue weighted by atomic mass is 19.1. The average Bonchev–Trinajstić information content (AvgIpc) is 2.19. The van der Waals surface area contributed by atoms with Crippen molar-refractivity contribution in [3.8, 4) is 0 Å². The minimum Gasteiger partial charge on any atom is -0.396 e. The van der Waals surface area contributed by atoms with Crippen LogP contribution >= 0.6 is 0 Å². The Labute approximate surface area is 100 Å². The number of rotatable bonds is 3. The van der Waals surface area contributed by atoms with Gasteiger partial charge in [0.15, 0.2) is 0 Å². The Morgan fingerprint density at radius 1 is 1.53 bits per heavy atom. The van der Waals surface area contributed by atoms with Gasteiger partial charge in [-0.3, -0.25) is 4.79 Å². The molecule has 1 aromatic carbocycles. The number of halogens is 1. The summed E-state index contributed by atoms with van der Waals surface area (Å²) in [4.78, 5) is 11.9. The van der Waals surface area contributed by atoms with Crippen molar-refractivity contribution in [1.29, 1.82) is 0 Å². The van der Waals surface area contributed by atoms with Crippen LogP contribution in [-0.2, 0) is 0 Å². The second-order valence-corrected chi connectivity index (χ2v) is 4.65. The van der Waals surface area contributed by atoms with Crippen molar-refractivity contribution in [3.05, 3.63) is 29.6 Å². The highest BCUT2D eigenvalue weighted by molar-refractivity contribution is 5.99. The summed E-state index contributed by atoms with van der Waals surface area (Å²) in [5.41, 5.74) is 5.69. The first-order valence-electron chi connectivity index (χ1n) is 5.94. The standard InChI is InChI=1S/C13H17FN2O/c1-8(9-4-2-5-9)16-13(17)10-6-3-7-11(14)12(10)15/h3,6-9H,2,4-5,15H2,1H3,(H,16,17). The zero-order chi connectivity index (χ0) is 12.4. The molecule has 1 aromatic rings. The van der Waals surface area contributed by atoms with Gasteiger partial charge in [-0.15, -0.1) is 0 Å². The molecule has 0 saturated heterocycles. The highest BCUT2D eigenvalue weighted by Crippen LogP contribution is 2.29. The van der Waals surface area contributed by atoms with E-state index < -0.39 is 5.82 Å². The first-order chi connectivity index (χ1) is 8.09. The molecule has 17 heavy (non-hydrogen) atoms. The monoisotopic (exact) mass is 236 g/mol. The minimum atomic E-state index is -0.547. The van der Waals surface area contributed by atoms with E-state index in [9.17, 15) is 9.18 Å². The molecular weight excluding hydrogens is 219 g/mol. The molecule has 0 bridgehead atoms. The molecular formula is C13H17FN2O. The Morgan fingerprint density at radius 2 is 2.24 bits per heavy atom. The van der Waals surface area contributed by atoms with E-state index in [1.54, 1.807) is 6.07 Å². The highest BCUT2D eigenvalue weighted by Gasteiger charge is 2.25. The van der Waals surface area contributed by atoms with Gasteiger partial charge in [0.1, 0.15) is 5.82 Å². The molecule has 4 heteroatoms. The van der Waals surface area contributed by atoms with E-state index >= 15 is 0 Å². The third kappa shape index (κ3) is 2.40. The van der Waals surface area contributed by atoms with Gasteiger partial charge in [-0.25, -0.2) is 4.39 Å². The Kier molecular flexibility index (Phi) is 3.31. The summed E-state index contributed by atoms with van der Waals surface area (Å²) < 4.78 is 13.2. The fourth-order valence-corrected chi connectivity index (χ4v) is 2.08. The third-order valence-corrected chi connectivity index (χ3v) is 3.51. The largest absolute Gasteiger partial charge is 0.396 e. The van der Waals surface area contributed by atoms with Crippen LogP contribution in [0, 0.1) is 11.7 Å². The lowest BCUT2D eigenvalue weighted by atomic mass is 9.80. The Bertz CT molecular complexity index is 429. The van der Waals surface area contributed by atoms with Gasteiger partial charge in [0, 0.05) is 6.04 Å². The van der Waals surface area contributed by atoms with Gasteiger partial charge < -0.3 is 11.1 Å². The second-order valence-electron chi connectivity index (χ2n) is 4.65. The van der Waals surface area contributed by atoms with E-state index in [4.69, 9.17) is 5.73 Å². The fourth-order valence-electron chi connectivity index (χ4n) is 2.08. The van der Waals surface area contributed by atoms with Crippen molar-refractivity contribution < 1.29 is 9.18 Å². The quantitative estimate of drug-likeness (QED) is 0.791. The zero-order valence-corrected chi connectivity index (χ0v) is 9.87. The predicted octanol–water partition coefficient (Wildman–Crippen LogP) is 2.33. The normalized spacial score (nSPS) is 17.3. The number of nitrogens with one attached hydrogen (secondary N) is 1. The number of benzene rings is 1. The molecule has 0 aromatic heterocycles. The summed E-state index contributed by atoms with van der Waals surface area (Å²) in [6, 6.07) is 4.41. The van der Waals surface area contributed by atoms with Gasteiger partial charge in [0.25, 0.3) is 5.91 Å². The zero-order valence-electron chi connectivity index (χ0n) is 9.87. The van der Waals surface area contributed by atoms with Gasteiger partial charge in [-0.1, -0.05) is 12.5 Å². The first-order valence-corrected chi connectivity index (χ1v) is 5.94. The summed E-state index contributed by atoms with van der Waals surface area (Å²) in [7, 11) is 0. The SMILES string of the molecule is CC(NC(=O)c1cccc(F)c1N)C1CCC1. The molecule has 1 unspecified atom stereocenters. The number of hydrogen-bond acceptors (Lipinski definition) is 2. The van der Waals surface area contributed by atoms with E-state index in [0.29, 0.717) is 5.92 Å². The number of para-hydroxylation sites is 1. The van der Waals surface area contributed by atoms with Crippen LogP contribution in [0.1, 0.15) is 36.5 Å². The lowest BCUT2D eigenvalue weighted by Gasteiger charge is -2.31. The number of hydrogen-bond donors (Lipinski definition) is 2. The topological polar surface area (TPSA) is 55.1 Å². The number of nitrogen functional groups attached to an aromatic ring is 1. The summed E-state index contributed by atoms with van der Waals surface area (Å²) in [5, 5.41) is 2.88. The van der Waals surface area contributed by atoms with Crippen molar-refractivity contribution in [2.45, 2.75) is 32.2 Å². The molecule has 0 radical (unpaired) electrons. The van der Waals surface area contributed by atoms with Gasteiger partial charge in [-0.2, -0.15) is 0 Å². The van der Waals surface area contributed by atoms with Gasteiger partial charge in [-0.05, 0) is 37.8 Å². The number of carbonyl (C=O) groups is 1. The number of amides is 1. The smallest absolute Gasteiger partial charge is 0.253 e. The van der Waals surface area contributed by atoms with Crippen LogP contribution in [0.3, 0.4) is 0 Å². The van der Waals surface area contributed by atoms with E-state index in [-0.39, 0.29) is 23.2 Å². The third-order valence-electron chi connectivity index (χ3n) is 3.51. The van der Waals surface area contributed by atoms with Crippen LogP contribution < -0.4 is 11.1 Å². The lowest BCUT2D eigenvalue weighted by Crippen LogP contribution is -2.40. The maximum absolute atomic E-state index is 13.2. The number of anilines is 1. The Hall–Kier alpha value is -1.58. The van der Waals surface area contributed by atoms with Crippen molar-refractivity contribution >= 4 is 11.6 Å². The Morgan fingerprint density at radius 3 is 2.82 bits per heavy atom. The molecule has 2 rings (SSSR count). The maximum Gasteiger partial charge on any atom is 0.253 e. The average molecular weight is 236 g/mol. The van der Waals surface area contributed by atoms with Crippen LogP contribution in [0.25, 0.3) is 0 Å². The molecule has 3 nitrogen and oxygen atoms in total. The number of carbonyl (C=O) groups excluding carboxylic acids is 1. The summed E-state index contributed by atoms with van der Waals surface area (Å²) in [5.74, 6) is -0.288. The molecule has 92 valence electrons. The van der Waals surface area contributed by atoms with Crippen LogP contribution in [0.5, 0.6) is 0 Å². The maximum atomic E-state index is 13.2. The fraction of sp³-hybridized carbons (Fsp3) is 0.462. The molecule has 1 aliphatic carbocycles. The molecule has 1 atom stereocenters. The van der Waals surface area contributed by atoms with Crippen LogP contribution in [0.15, 0.2) is 18.2 Å². The summed E-state index contributed by atoms with van der Waals surface area (Å²) in [6.07, 6.45) is 3.53.